The monoisotopic (exact) mass is 338 g/mol. The predicted octanol–water partition coefficient (Wildman–Crippen LogP) is 3.08. The molecule has 1 fully saturated rings. The summed E-state index contributed by atoms with van der Waals surface area (Å²) in [6.45, 7) is 7.60. The van der Waals surface area contributed by atoms with E-state index in [1.54, 1.807) is 6.20 Å². The molecule has 0 radical (unpaired) electrons. The first-order valence-corrected chi connectivity index (χ1v) is 8.88. The van der Waals surface area contributed by atoms with E-state index in [-0.39, 0.29) is 5.91 Å². The lowest BCUT2D eigenvalue weighted by Gasteiger charge is -2.32. The number of aromatic nitrogens is 1. The number of nitrogens with zero attached hydrogens (tertiary/aromatic N) is 3. The number of amides is 1. The highest BCUT2D eigenvalue weighted by Crippen LogP contribution is 2.25. The number of piperazine rings is 1. The summed E-state index contributed by atoms with van der Waals surface area (Å²) in [5.41, 5.74) is 5.02. The smallest absolute Gasteiger partial charge is 0.272 e. The average Bonchev–Trinajstić information content (AvgIpc) is 2.64. The zero-order valence-electron chi connectivity index (χ0n) is 15.2. The van der Waals surface area contributed by atoms with E-state index in [2.05, 4.69) is 54.3 Å². The van der Waals surface area contributed by atoms with Gasteiger partial charge in [0.15, 0.2) is 0 Å². The van der Waals surface area contributed by atoms with E-state index in [0.717, 1.165) is 44.0 Å². The second-order valence-corrected chi connectivity index (χ2v) is 6.62. The van der Waals surface area contributed by atoms with E-state index in [9.17, 15) is 4.79 Å². The van der Waals surface area contributed by atoms with E-state index >= 15 is 0 Å². The van der Waals surface area contributed by atoms with Crippen molar-refractivity contribution in [2.75, 3.05) is 38.5 Å². The number of aryl methyl sites for hydroxylation is 2. The number of hydrogen-bond donors (Lipinski definition) is 1. The molecule has 25 heavy (non-hydrogen) atoms. The minimum absolute atomic E-state index is 0.0183. The lowest BCUT2D eigenvalue weighted by atomic mass is 10.1. The molecule has 2 aromatic rings. The molecule has 0 spiro atoms. The molecule has 3 rings (SSSR count). The molecule has 0 atom stereocenters. The number of pyridine rings is 1. The van der Waals surface area contributed by atoms with Crippen LogP contribution in [0.3, 0.4) is 0 Å². The normalized spacial score (nSPS) is 15.2. The number of carbonyl (C=O) groups is 1. The molecule has 5 nitrogen and oxygen atoms in total. The molecular formula is C20H26N4O. The molecular weight excluding hydrogens is 312 g/mol. The number of rotatable bonds is 4. The van der Waals surface area contributed by atoms with Crippen LogP contribution in [-0.2, 0) is 6.42 Å². The summed E-state index contributed by atoms with van der Waals surface area (Å²) >= 11 is 0. The van der Waals surface area contributed by atoms with Gasteiger partial charge in [0.25, 0.3) is 5.91 Å². The first-order valence-electron chi connectivity index (χ1n) is 8.88. The van der Waals surface area contributed by atoms with Gasteiger partial charge in [-0.2, -0.15) is 0 Å². The third-order valence-electron chi connectivity index (χ3n) is 4.78. The lowest BCUT2D eigenvalue weighted by molar-refractivity contribution is 0.0658. The summed E-state index contributed by atoms with van der Waals surface area (Å²) in [5, 5.41) is 3.45. The zero-order valence-corrected chi connectivity index (χ0v) is 15.2. The van der Waals surface area contributed by atoms with Gasteiger partial charge in [-0.15, -0.1) is 0 Å². The van der Waals surface area contributed by atoms with Crippen molar-refractivity contribution >= 4 is 17.3 Å². The van der Waals surface area contributed by atoms with Crippen molar-refractivity contribution in [3.05, 3.63) is 53.3 Å². The summed E-state index contributed by atoms with van der Waals surface area (Å²) in [6.07, 6.45) is 2.71. The van der Waals surface area contributed by atoms with Crippen LogP contribution in [0.1, 0.15) is 28.5 Å². The maximum atomic E-state index is 12.6. The minimum atomic E-state index is 0.0183. The van der Waals surface area contributed by atoms with E-state index in [4.69, 9.17) is 0 Å². The number of anilines is 2. The van der Waals surface area contributed by atoms with Crippen LogP contribution in [0.25, 0.3) is 0 Å². The molecule has 2 heterocycles. The van der Waals surface area contributed by atoms with Crippen molar-refractivity contribution in [2.45, 2.75) is 20.3 Å². The van der Waals surface area contributed by atoms with Crippen LogP contribution in [0.4, 0.5) is 11.4 Å². The van der Waals surface area contributed by atoms with Crippen molar-refractivity contribution in [1.82, 2.24) is 14.8 Å². The number of para-hydroxylation sites is 1. The SMILES string of the molecule is CCc1cccc(C)c1Nc1ccc(C(=O)N2CCN(C)CC2)nc1. The molecule has 5 heteroatoms. The zero-order chi connectivity index (χ0) is 17.8. The highest BCUT2D eigenvalue weighted by Gasteiger charge is 2.21. The van der Waals surface area contributed by atoms with Gasteiger partial charge in [-0.25, -0.2) is 4.98 Å². The fraction of sp³-hybridized carbons (Fsp3) is 0.400. The number of likely N-dealkylation sites (N-methyl/N-ethyl adjacent to an activating group) is 1. The number of benzene rings is 1. The molecule has 1 saturated heterocycles. The van der Waals surface area contributed by atoms with E-state index in [0.29, 0.717) is 5.69 Å². The Hall–Kier alpha value is -2.40. The standard InChI is InChI=1S/C20H26N4O/c1-4-16-7-5-6-15(2)19(16)22-17-8-9-18(21-14-17)20(25)24-12-10-23(3)11-13-24/h5-9,14,22H,4,10-13H2,1-3H3. The maximum absolute atomic E-state index is 12.6. The Morgan fingerprint density at radius 3 is 2.56 bits per heavy atom. The topological polar surface area (TPSA) is 48.5 Å². The molecule has 1 amide bonds. The number of nitrogens with one attached hydrogen (secondary N) is 1. The summed E-state index contributed by atoms with van der Waals surface area (Å²) in [7, 11) is 2.08. The number of hydrogen-bond acceptors (Lipinski definition) is 4. The quantitative estimate of drug-likeness (QED) is 0.931. The molecule has 132 valence electrons. The van der Waals surface area contributed by atoms with Crippen molar-refractivity contribution in [2.24, 2.45) is 0 Å². The molecule has 1 N–H and O–H groups in total. The molecule has 1 aromatic heterocycles. The Bertz CT molecular complexity index is 734. The van der Waals surface area contributed by atoms with Crippen molar-refractivity contribution in [3.8, 4) is 0 Å². The van der Waals surface area contributed by atoms with Crippen LogP contribution in [0, 0.1) is 6.92 Å². The second kappa shape index (κ2) is 7.66. The lowest BCUT2D eigenvalue weighted by Crippen LogP contribution is -2.47. The van der Waals surface area contributed by atoms with Gasteiger partial charge in [-0.1, -0.05) is 25.1 Å². The Kier molecular flexibility index (Phi) is 5.34. The Labute approximate surface area is 149 Å². The van der Waals surface area contributed by atoms with Crippen LogP contribution in [0.5, 0.6) is 0 Å². The fourth-order valence-corrected chi connectivity index (χ4v) is 3.11. The van der Waals surface area contributed by atoms with Gasteiger partial charge >= 0.3 is 0 Å². The Morgan fingerprint density at radius 1 is 1.16 bits per heavy atom. The third kappa shape index (κ3) is 3.99. The Balaban J connectivity index is 1.72. The largest absolute Gasteiger partial charge is 0.354 e. The molecule has 0 saturated carbocycles. The van der Waals surface area contributed by atoms with E-state index in [1.165, 1.54) is 11.1 Å². The van der Waals surface area contributed by atoms with Crippen LogP contribution in [0.2, 0.25) is 0 Å². The average molecular weight is 338 g/mol. The molecule has 1 aliphatic heterocycles. The van der Waals surface area contributed by atoms with Gasteiger partial charge in [0, 0.05) is 31.9 Å². The molecule has 1 aliphatic rings. The van der Waals surface area contributed by atoms with Gasteiger partial charge in [-0.3, -0.25) is 4.79 Å². The van der Waals surface area contributed by atoms with Crippen molar-refractivity contribution < 1.29 is 4.79 Å². The van der Waals surface area contributed by atoms with Gasteiger partial charge in [0.2, 0.25) is 0 Å². The fourth-order valence-electron chi connectivity index (χ4n) is 3.11. The van der Waals surface area contributed by atoms with Crippen LogP contribution < -0.4 is 5.32 Å². The third-order valence-corrected chi connectivity index (χ3v) is 4.78. The molecule has 1 aromatic carbocycles. The molecule has 0 bridgehead atoms. The first-order chi connectivity index (χ1) is 12.1. The van der Waals surface area contributed by atoms with E-state index < -0.39 is 0 Å². The Morgan fingerprint density at radius 2 is 1.92 bits per heavy atom. The second-order valence-electron chi connectivity index (χ2n) is 6.62. The van der Waals surface area contributed by atoms with Crippen LogP contribution in [0.15, 0.2) is 36.5 Å². The minimum Gasteiger partial charge on any atom is -0.354 e. The van der Waals surface area contributed by atoms with Crippen molar-refractivity contribution in [3.63, 3.8) is 0 Å². The van der Waals surface area contributed by atoms with Gasteiger partial charge in [0.1, 0.15) is 5.69 Å². The predicted molar refractivity (Wildman–Crippen MR) is 101 cm³/mol. The number of carbonyl (C=O) groups excluding carboxylic acids is 1. The van der Waals surface area contributed by atoms with E-state index in [1.807, 2.05) is 17.0 Å². The van der Waals surface area contributed by atoms with Crippen LogP contribution >= 0.6 is 0 Å². The van der Waals surface area contributed by atoms with Gasteiger partial charge in [-0.05, 0) is 43.7 Å². The molecule has 0 unspecified atom stereocenters. The van der Waals surface area contributed by atoms with Crippen molar-refractivity contribution in [1.29, 1.82) is 0 Å². The summed E-state index contributed by atoms with van der Waals surface area (Å²) in [6, 6.07) is 10.1. The highest BCUT2D eigenvalue weighted by molar-refractivity contribution is 5.92. The summed E-state index contributed by atoms with van der Waals surface area (Å²) in [5.74, 6) is 0.0183. The first kappa shape index (κ1) is 17.4. The summed E-state index contributed by atoms with van der Waals surface area (Å²) < 4.78 is 0. The van der Waals surface area contributed by atoms with Crippen LogP contribution in [-0.4, -0.2) is 53.9 Å². The summed E-state index contributed by atoms with van der Waals surface area (Å²) in [4.78, 5) is 21.1. The molecule has 0 aliphatic carbocycles. The highest BCUT2D eigenvalue weighted by atomic mass is 16.2. The van der Waals surface area contributed by atoms with Gasteiger partial charge in [0.05, 0.1) is 11.9 Å². The van der Waals surface area contributed by atoms with Gasteiger partial charge < -0.3 is 15.1 Å². The maximum Gasteiger partial charge on any atom is 0.272 e.